The second-order valence-corrected chi connectivity index (χ2v) is 8.71. The average Bonchev–Trinajstić information content (AvgIpc) is 2.72. The molecule has 154 valence electrons. The van der Waals surface area contributed by atoms with Gasteiger partial charge in [0.2, 0.25) is 10.0 Å². The van der Waals surface area contributed by atoms with Crippen molar-refractivity contribution in [1.29, 1.82) is 0 Å². The van der Waals surface area contributed by atoms with E-state index in [9.17, 15) is 8.42 Å². The van der Waals surface area contributed by atoms with Crippen LogP contribution < -0.4 is 14.2 Å². The lowest BCUT2D eigenvalue weighted by Gasteiger charge is -2.12. The van der Waals surface area contributed by atoms with Crippen LogP contribution in [0.3, 0.4) is 0 Å². The zero-order valence-corrected chi connectivity index (χ0v) is 17.7. The van der Waals surface area contributed by atoms with Crippen LogP contribution in [0.1, 0.15) is 11.3 Å². The molecule has 30 heavy (non-hydrogen) atoms. The molecule has 0 bridgehead atoms. The van der Waals surface area contributed by atoms with Gasteiger partial charge in [-0.15, -0.1) is 0 Å². The highest BCUT2D eigenvalue weighted by atomic mass is 32.2. The third-order valence-corrected chi connectivity index (χ3v) is 5.38. The van der Waals surface area contributed by atoms with E-state index >= 15 is 0 Å². The minimum Gasteiger partial charge on any atom is -0.493 e. The van der Waals surface area contributed by atoms with E-state index in [4.69, 9.17) is 14.5 Å². The average molecular weight is 423 g/mol. The van der Waals surface area contributed by atoms with Gasteiger partial charge >= 0.3 is 0 Å². The molecule has 0 fully saturated rings. The zero-order valence-electron chi connectivity index (χ0n) is 16.8. The molecule has 0 spiro atoms. The van der Waals surface area contributed by atoms with Crippen LogP contribution in [-0.4, -0.2) is 38.9 Å². The van der Waals surface area contributed by atoms with E-state index in [1.807, 2.05) is 30.3 Å². The maximum atomic E-state index is 11.7. The summed E-state index contributed by atoms with van der Waals surface area (Å²) >= 11 is 0. The van der Waals surface area contributed by atoms with Crippen molar-refractivity contribution in [2.75, 3.05) is 25.2 Å². The maximum absolute atomic E-state index is 11.7. The fraction of sp³-hybridized carbons (Fsp3) is 0.182. The monoisotopic (exact) mass is 423 g/mol. The minimum absolute atomic E-state index is 0.458. The first-order chi connectivity index (χ1) is 14.4. The summed E-state index contributed by atoms with van der Waals surface area (Å²) in [5.74, 6) is 1.29. The van der Waals surface area contributed by atoms with Gasteiger partial charge in [-0.3, -0.25) is 14.7 Å². The van der Waals surface area contributed by atoms with Crippen molar-refractivity contribution in [2.24, 2.45) is 0 Å². The molecular weight excluding hydrogens is 402 g/mol. The Morgan fingerprint density at radius 3 is 2.47 bits per heavy atom. The molecule has 0 aliphatic rings. The van der Waals surface area contributed by atoms with Crippen LogP contribution in [0.2, 0.25) is 0 Å². The lowest BCUT2D eigenvalue weighted by molar-refractivity contribution is 0.356. The van der Waals surface area contributed by atoms with Crippen molar-refractivity contribution < 1.29 is 17.9 Å². The van der Waals surface area contributed by atoms with Crippen molar-refractivity contribution in [2.45, 2.75) is 6.42 Å². The van der Waals surface area contributed by atoms with E-state index < -0.39 is 10.0 Å². The second-order valence-electron chi connectivity index (χ2n) is 6.96. The number of aromatic nitrogens is 2. The Kier molecular flexibility index (Phi) is 5.17. The molecule has 4 rings (SSSR count). The highest BCUT2D eigenvalue weighted by molar-refractivity contribution is 7.92. The van der Waals surface area contributed by atoms with Gasteiger partial charge in [0.05, 0.1) is 31.7 Å². The van der Waals surface area contributed by atoms with Gasteiger partial charge in [-0.25, -0.2) is 8.42 Å². The van der Waals surface area contributed by atoms with Gasteiger partial charge in [0, 0.05) is 35.3 Å². The first-order valence-electron chi connectivity index (χ1n) is 9.23. The molecule has 0 amide bonds. The van der Waals surface area contributed by atoms with Gasteiger partial charge in [-0.1, -0.05) is 18.2 Å². The molecule has 0 aliphatic carbocycles. The number of anilines is 1. The number of hydrogen-bond donors (Lipinski definition) is 1. The number of nitrogens with one attached hydrogen (secondary N) is 1. The third kappa shape index (κ3) is 3.99. The number of ether oxygens (including phenoxy) is 2. The quantitative estimate of drug-likeness (QED) is 0.508. The van der Waals surface area contributed by atoms with Crippen LogP contribution in [0, 0.1) is 0 Å². The van der Waals surface area contributed by atoms with Gasteiger partial charge in [0.25, 0.3) is 0 Å². The summed E-state index contributed by atoms with van der Waals surface area (Å²) in [5.41, 5.74) is 2.84. The Morgan fingerprint density at radius 2 is 1.73 bits per heavy atom. The van der Waals surface area contributed by atoms with E-state index in [0.29, 0.717) is 29.1 Å². The Balaban J connectivity index is 1.79. The van der Waals surface area contributed by atoms with Crippen LogP contribution in [0.25, 0.3) is 21.7 Å². The van der Waals surface area contributed by atoms with Crippen molar-refractivity contribution in [3.8, 4) is 11.5 Å². The number of pyridine rings is 2. The molecule has 0 atom stereocenters. The molecule has 2 aromatic carbocycles. The van der Waals surface area contributed by atoms with E-state index in [1.54, 1.807) is 38.7 Å². The molecule has 0 aliphatic heterocycles. The first kappa shape index (κ1) is 19.9. The summed E-state index contributed by atoms with van der Waals surface area (Å²) in [4.78, 5) is 9.08. The predicted octanol–water partition coefficient (Wildman–Crippen LogP) is 3.76. The number of benzene rings is 2. The summed E-state index contributed by atoms with van der Waals surface area (Å²) in [5, 5.41) is 2.78. The summed E-state index contributed by atoms with van der Waals surface area (Å²) in [6.45, 7) is 0. The number of rotatable bonds is 6. The van der Waals surface area contributed by atoms with Gasteiger partial charge in [0.15, 0.2) is 11.5 Å². The van der Waals surface area contributed by atoms with E-state index in [1.165, 1.54) is 0 Å². The number of fused-ring (bicyclic) bond motifs is 2. The highest BCUT2D eigenvalue weighted by Gasteiger charge is 2.12. The molecule has 0 saturated heterocycles. The van der Waals surface area contributed by atoms with Gasteiger partial charge in [0.1, 0.15) is 0 Å². The third-order valence-electron chi connectivity index (χ3n) is 4.79. The van der Waals surface area contributed by atoms with Crippen LogP contribution in [0.15, 0.2) is 54.9 Å². The van der Waals surface area contributed by atoms with Gasteiger partial charge < -0.3 is 9.47 Å². The van der Waals surface area contributed by atoms with E-state index in [2.05, 4.69) is 9.71 Å². The Labute approximate surface area is 174 Å². The summed E-state index contributed by atoms with van der Waals surface area (Å²) in [7, 11) is -0.207. The van der Waals surface area contributed by atoms with Crippen molar-refractivity contribution in [3.05, 3.63) is 66.1 Å². The Bertz CT molecular complexity index is 1350. The molecule has 0 saturated carbocycles. The number of hydrogen-bond acceptors (Lipinski definition) is 6. The molecule has 0 unspecified atom stereocenters. The molecule has 0 radical (unpaired) electrons. The van der Waals surface area contributed by atoms with Crippen molar-refractivity contribution >= 4 is 37.4 Å². The van der Waals surface area contributed by atoms with Crippen LogP contribution in [0.4, 0.5) is 5.69 Å². The highest BCUT2D eigenvalue weighted by Crippen LogP contribution is 2.34. The number of sulfonamides is 1. The largest absolute Gasteiger partial charge is 0.493 e. The topological polar surface area (TPSA) is 90.4 Å². The Morgan fingerprint density at radius 1 is 0.967 bits per heavy atom. The lowest BCUT2D eigenvalue weighted by atomic mass is 10.0. The smallest absolute Gasteiger partial charge is 0.229 e. The fourth-order valence-corrected chi connectivity index (χ4v) is 4.02. The number of para-hydroxylation sites is 1. The maximum Gasteiger partial charge on any atom is 0.229 e. The first-order valence-corrected chi connectivity index (χ1v) is 11.1. The normalized spacial score (nSPS) is 11.6. The summed E-state index contributed by atoms with van der Waals surface area (Å²) < 4.78 is 36.8. The molecule has 2 aromatic heterocycles. The molecule has 8 heteroatoms. The lowest BCUT2D eigenvalue weighted by Crippen LogP contribution is -2.10. The van der Waals surface area contributed by atoms with Crippen molar-refractivity contribution in [3.63, 3.8) is 0 Å². The number of methoxy groups -OCH3 is 2. The Hall–Kier alpha value is -3.39. The van der Waals surface area contributed by atoms with E-state index in [-0.39, 0.29) is 0 Å². The number of nitrogens with zero attached hydrogens (tertiary/aromatic N) is 2. The van der Waals surface area contributed by atoms with Crippen LogP contribution in [-0.2, 0) is 16.4 Å². The van der Waals surface area contributed by atoms with Gasteiger partial charge in [-0.05, 0) is 35.2 Å². The van der Waals surface area contributed by atoms with Crippen molar-refractivity contribution in [1.82, 2.24) is 9.97 Å². The second kappa shape index (κ2) is 7.79. The molecular formula is C22H21N3O4S. The molecule has 4 aromatic rings. The zero-order chi connectivity index (χ0) is 21.3. The predicted molar refractivity (Wildman–Crippen MR) is 118 cm³/mol. The summed E-state index contributed by atoms with van der Waals surface area (Å²) in [6.07, 6.45) is 5.24. The standard InChI is InChI=1S/C22H21N3O4S/c1-28-20-10-16-13-23-12-15(18(16)11-21(20)29-2)9-17-8-7-14-5-4-6-19(22(14)24-17)25-30(3,26)27/h4-8,10-13,25H,9H2,1-3H3. The SMILES string of the molecule is COc1cc2cncc(Cc3ccc4cccc(NS(C)(=O)=O)c4n3)c2cc1OC. The van der Waals surface area contributed by atoms with E-state index in [0.717, 1.165) is 33.7 Å². The molecule has 1 N–H and O–H groups in total. The molecule has 2 heterocycles. The van der Waals surface area contributed by atoms with Crippen LogP contribution in [0.5, 0.6) is 11.5 Å². The van der Waals surface area contributed by atoms with Crippen LogP contribution >= 0.6 is 0 Å². The minimum atomic E-state index is -3.41. The van der Waals surface area contributed by atoms with Gasteiger partial charge in [-0.2, -0.15) is 0 Å². The molecule has 7 nitrogen and oxygen atoms in total. The fourth-order valence-electron chi connectivity index (χ4n) is 3.46. The summed E-state index contributed by atoms with van der Waals surface area (Å²) in [6, 6.07) is 13.1.